The molecule has 3 nitrogen and oxygen atoms in total. The quantitative estimate of drug-likeness (QED) is 0.772. The highest BCUT2D eigenvalue weighted by molar-refractivity contribution is 7.09. The van der Waals surface area contributed by atoms with Crippen LogP contribution in [0.1, 0.15) is 18.0 Å². The lowest BCUT2D eigenvalue weighted by Crippen LogP contribution is -2.06. The van der Waals surface area contributed by atoms with E-state index in [1.807, 2.05) is 36.1 Å². The standard InChI is InChI=1S/C15H15N3S/c1-12(15-16-7-10-19-15)17-13-5-4-6-14(11-13)18-8-2-3-9-18/h2-12,17H,1H3. The number of aromatic nitrogens is 2. The smallest absolute Gasteiger partial charge is 0.115 e. The molecule has 0 saturated carbocycles. The summed E-state index contributed by atoms with van der Waals surface area (Å²) < 4.78 is 2.10. The Hall–Kier alpha value is -2.07. The van der Waals surface area contributed by atoms with Crippen molar-refractivity contribution in [3.05, 3.63) is 65.4 Å². The summed E-state index contributed by atoms with van der Waals surface area (Å²) in [6, 6.07) is 12.7. The van der Waals surface area contributed by atoms with Crippen molar-refractivity contribution in [2.24, 2.45) is 0 Å². The van der Waals surface area contributed by atoms with Gasteiger partial charge in [-0.1, -0.05) is 6.07 Å². The second-order valence-electron chi connectivity index (χ2n) is 4.38. The summed E-state index contributed by atoms with van der Waals surface area (Å²) in [6.45, 7) is 2.13. The Kier molecular flexibility index (Phi) is 3.33. The van der Waals surface area contributed by atoms with Gasteiger partial charge in [0.1, 0.15) is 5.01 Å². The second-order valence-corrected chi connectivity index (χ2v) is 5.30. The maximum Gasteiger partial charge on any atom is 0.115 e. The molecule has 0 amide bonds. The van der Waals surface area contributed by atoms with E-state index in [-0.39, 0.29) is 6.04 Å². The van der Waals surface area contributed by atoms with Gasteiger partial charge in [0.25, 0.3) is 0 Å². The van der Waals surface area contributed by atoms with Gasteiger partial charge >= 0.3 is 0 Å². The van der Waals surface area contributed by atoms with Crippen LogP contribution in [0.4, 0.5) is 5.69 Å². The molecule has 0 fully saturated rings. The van der Waals surface area contributed by atoms with Gasteiger partial charge in [-0.15, -0.1) is 11.3 Å². The zero-order valence-corrected chi connectivity index (χ0v) is 11.5. The molecule has 4 heteroatoms. The number of rotatable bonds is 4. The van der Waals surface area contributed by atoms with Gasteiger partial charge in [-0.25, -0.2) is 4.98 Å². The maximum atomic E-state index is 4.34. The number of hydrogen-bond donors (Lipinski definition) is 1. The Morgan fingerprint density at radius 3 is 2.79 bits per heavy atom. The second kappa shape index (κ2) is 5.28. The first-order valence-corrected chi connectivity index (χ1v) is 7.10. The number of anilines is 1. The molecule has 1 atom stereocenters. The summed E-state index contributed by atoms with van der Waals surface area (Å²) in [5, 5.41) is 6.59. The number of hydrogen-bond acceptors (Lipinski definition) is 3. The lowest BCUT2D eigenvalue weighted by atomic mass is 10.2. The lowest BCUT2D eigenvalue weighted by Gasteiger charge is -2.14. The molecule has 1 N–H and O–H groups in total. The van der Waals surface area contributed by atoms with E-state index in [1.165, 1.54) is 0 Å². The molecule has 0 aliphatic rings. The fourth-order valence-electron chi connectivity index (χ4n) is 2.02. The zero-order chi connectivity index (χ0) is 13.1. The van der Waals surface area contributed by atoms with Gasteiger partial charge < -0.3 is 9.88 Å². The van der Waals surface area contributed by atoms with Crippen molar-refractivity contribution in [2.45, 2.75) is 13.0 Å². The van der Waals surface area contributed by atoms with Crippen molar-refractivity contribution in [1.29, 1.82) is 0 Å². The first kappa shape index (κ1) is 12.0. The van der Waals surface area contributed by atoms with E-state index in [1.54, 1.807) is 11.3 Å². The molecule has 1 unspecified atom stereocenters. The van der Waals surface area contributed by atoms with E-state index < -0.39 is 0 Å². The highest BCUT2D eigenvalue weighted by Gasteiger charge is 2.07. The molecular weight excluding hydrogens is 254 g/mol. The molecule has 0 aliphatic carbocycles. The molecule has 2 aromatic heterocycles. The number of nitrogens with zero attached hydrogens (tertiary/aromatic N) is 2. The third kappa shape index (κ3) is 2.69. The monoisotopic (exact) mass is 269 g/mol. The van der Waals surface area contributed by atoms with Crippen molar-refractivity contribution < 1.29 is 0 Å². The van der Waals surface area contributed by atoms with Crippen molar-refractivity contribution in [3.8, 4) is 5.69 Å². The van der Waals surface area contributed by atoms with E-state index in [9.17, 15) is 0 Å². The summed E-state index contributed by atoms with van der Waals surface area (Å²) >= 11 is 1.67. The van der Waals surface area contributed by atoms with E-state index in [4.69, 9.17) is 0 Å². The number of benzene rings is 1. The molecule has 19 heavy (non-hydrogen) atoms. The molecular formula is C15H15N3S. The van der Waals surface area contributed by atoms with Crippen LogP contribution >= 0.6 is 11.3 Å². The first-order valence-electron chi connectivity index (χ1n) is 6.22. The molecule has 1 aromatic carbocycles. The van der Waals surface area contributed by atoms with Crippen LogP contribution in [0.15, 0.2) is 60.4 Å². The minimum Gasteiger partial charge on any atom is -0.376 e. The topological polar surface area (TPSA) is 29.9 Å². The molecule has 0 bridgehead atoms. The molecule has 0 spiro atoms. The highest BCUT2D eigenvalue weighted by Crippen LogP contribution is 2.22. The van der Waals surface area contributed by atoms with E-state index >= 15 is 0 Å². The largest absolute Gasteiger partial charge is 0.376 e. The van der Waals surface area contributed by atoms with Gasteiger partial charge in [0.2, 0.25) is 0 Å². The molecule has 3 rings (SSSR count). The van der Waals surface area contributed by atoms with E-state index in [0.29, 0.717) is 0 Å². The number of nitrogens with one attached hydrogen (secondary N) is 1. The third-order valence-electron chi connectivity index (χ3n) is 2.95. The van der Waals surface area contributed by atoms with Crippen LogP contribution in [0.3, 0.4) is 0 Å². The number of thiazole rings is 1. The van der Waals surface area contributed by atoms with Crippen LogP contribution in [0, 0.1) is 0 Å². The van der Waals surface area contributed by atoms with Crippen LogP contribution < -0.4 is 5.32 Å². The Bertz CT molecular complexity index is 629. The Morgan fingerprint density at radius 2 is 2.05 bits per heavy atom. The van der Waals surface area contributed by atoms with Crippen molar-refractivity contribution >= 4 is 17.0 Å². The van der Waals surface area contributed by atoms with Gasteiger partial charge in [0.05, 0.1) is 6.04 Å². The van der Waals surface area contributed by atoms with Crippen LogP contribution in [0.2, 0.25) is 0 Å². The zero-order valence-electron chi connectivity index (χ0n) is 10.7. The van der Waals surface area contributed by atoms with Crippen LogP contribution in [-0.4, -0.2) is 9.55 Å². The SMILES string of the molecule is CC(Nc1cccc(-n2cccc2)c1)c1nccs1. The minimum atomic E-state index is 0.222. The van der Waals surface area contributed by atoms with E-state index in [2.05, 4.69) is 46.1 Å². The van der Waals surface area contributed by atoms with Crippen molar-refractivity contribution in [1.82, 2.24) is 9.55 Å². The van der Waals surface area contributed by atoms with Crippen molar-refractivity contribution in [3.63, 3.8) is 0 Å². The average molecular weight is 269 g/mol. The minimum absolute atomic E-state index is 0.222. The molecule has 96 valence electrons. The van der Waals surface area contributed by atoms with Crippen LogP contribution in [0.5, 0.6) is 0 Å². The normalized spacial score (nSPS) is 12.3. The van der Waals surface area contributed by atoms with E-state index in [0.717, 1.165) is 16.4 Å². The summed E-state index contributed by atoms with van der Waals surface area (Å²) in [5.41, 5.74) is 2.26. The average Bonchev–Trinajstić information content (AvgIpc) is 3.13. The van der Waals surface area contributed by atoms with Gasteiger partial charge in [-0.2, -0.15) is 0 Å². The highest BCUT2D eigenvalue weighted by atomic mass is 32.1. The van der Waals surface area contributed by atoms with Crippen LogP contribution in [0.25, 0.3) is 5.69 Å². The summed E-state index contributed by atoms with van der Waals surface area (Å²) in [5.74, 6) is 0. The molecule has 0 saturated heterocycles. The summed E-state index contributed by atoms with van der Waals surface area (Å²) in [6.07, 6.45) is 5.93. The van der Waals surface area contributed by atoms with Crippen molar-refractivity contribution in [2.75, 3.05) is 5.32 Å². The predicted octanol–water partition coefficient (Wildman–Crippen LogP) is 4.11. The fourth-order valence-corrected chi connectivity index (χ4v) is 2.67. The first-order chi connectivity index (χ1) is 9.33. The van der Waals surface area contributed by atoms with Gasteiger partial charge in [-0.3, -0.25) is 0 Å². The maximum absolute atomic E-state index is 4.34. The predicted molar refractivity (Wildman–Crippen MR) is 79.9 cm³/mol. The fraction of sp³-hybridized carbons (Fsp3) is 0.133. The Balaban J connectivity index is 1.80. The Labute approximate surface area is 116 Å². The lowest BCUT2D eigenvalue weighted by molar-refractivity contribution is 0.869. The van der Waals surface area contributed by atoms with Gasteiger partial charge in [0.15, 0.2) is 0 Å². The Morgan fingerprint density at radius 1 is 1.21 bits per heavy atom. The molecule has 0 radical (unpaired) electrons. The molecule has 0 aliphatic heterocycles. The van der Waals surface area contributed by atoms with Gasteiger partial charge in [-0.05, 0) is 37.3 Å². The van der Waals surface area contributed by atoms with Gasteiger partial charge in [0, 0.05) is 35.3 Å². The summed E-state index contributed by atoms with van der Waals surface area (Å²) in [4.78, 5) is 4.34. The third-order valence-corrected chi connectivity index (χ3v) is 3.91. The molecule has 3 aromatic rings. The van der Waals surface area contributed by atoms with Crippen LogP contribution in [-0.2, 0) is 0 Å². The molecule has 2 heterocycles. The summed E-state index contributed by atoms with van der Waals surface area (Å²) in [7, 11) is 0.